The Hall–Kier alpha value is -2.19. The third-order valence-electron chi connectivity index (χ3n) is 3.82. The number of hydrogen-bond donors (Lipinski definition) is 0. The summed E-state index contributed by atoms with van der Waals surface area (Å²) in [6, 6.07) is 16.5. The first-order valence-electron chi connectivity index (χ1n) is 6.39. The summed E-state index contributed by atoms with van der Waals surface area (Å²) in [5.74, 6) is 0.0799. The molecule has 2 heteroatoms. The first kappa shape index (κ1) is 10.7. The third kappa shape index (κ3) is 1.50. The average Bonchev–Trinajstić information content (AvgIpc) is 2.47. The second kappa shape index (κ2) is 3.90. The van der Waals surface area contributed by atoms with Gasteiger partial charge in [-0.05, 0) is 27.1 Å². The summed E-state index contributed by atoms with van der Waals surface area (Å²) < 4.78 is 5.38. The van der Waals surface area contributed by atoms with Crippen molar-refractivity contribution in [3.8, 4) is 0 Å². The van der Waals surface area contributed by atoms with Crippen LogP contribution >= 0.6 is 0 Å². The predicted molar refractivity (Wildman–Crippen MR) is 75.4 cm³/mol. The van der Waals surface area contributed by atoms with Crippen LogP contribution in [-0.2, 0) is 11.3 Å². The number of benzene rings is 3. The maximum Gasteiger partial charge on any atom is 0.188 e. The molecule has 0 N–H and O–H groups in total. The van der Waals surface area contributed by atoms with Gasteiger partial charge in [-0.15, -0.1) is 0 Å². The molecule has 0 saturated heterocycles. The zero-order valence-electron chi connectivity index (χ0n) is 10.3. The highest BCUT2D eigenvalue weighted by Crippen LogP contribution is 2.31. The smallest absolute Gasteiger partial charge is 0.188 e. The minimum atomic E-state index is 0.0799. The van der Waals surface area contributed by atoms with E-state index in [1.54, 1.807) is 0 Å². The van der Waals surface area contributed by atoms with Crippen LogP contribution in [0.3, 0.4) is 0 Å². The summed E-state index contributed by atoms with van der Waals surface area (Å²) in [6.45, 7) is 0.725. The van der Waals surface area contributed by atoms with Gasteiger partial charge in [0.25, 0.3) is 0 Å². The largest absolute Gasteiger partial charge is 0.369 e. The lowest BCUT2D eigenvalue weighted by molar-refractivity contribution is 0.0669. The second-order valence-corrected chi connectivity index (χ2v) is 4.89. The van der Waals surface area contributed by atoms with Gasteiger partial charge in [-0.25, -0.2) is 0 Å². The lowest BCUT2D eigenvalue weighted by atomic mass is 9.93. The number of rotatable bonds is 0. The molecule has 2 nitrogen and oxygen atoms in total. The number of ether oxygens (including phenoxy) is 1. The summed E-state index contributed by atoms with van der Waals surface area (Å²) in [6.07, 6.45) is 0. The van der Waals surface area contributed by atoms with Gasteiger partial charge in [0.2, 0.25) is 0 Å². The highest BCUT2D eigenvalue weighted by molar-refractivity contribution is 6.12. The molecule has 0 radical (unpaired) electrons. The molecule has 19 heavy (non-hydrogen) atoms. The van der Waals surface area contributed by atoms with E-state index < -0.39 is 0 Å². The van der Waals surface area contributed by atoms with Crippen molar-refractivity contribution in [3.05, 3.63) is 59.7 Å². The fourth-order valence-corrected chi connectivity index (χ4v) is 2.89. The van der Waals surface area contributed by atoms with Gasteiger partial charge in [-0.2, -0.15) is 0 Å². The Labute approximate surface area is 110 Å². The molecule has 0 aromatic heterocycles. The normalized spacial score (nSPS) is 14.8. The summed E-state index contributed by atoms with van der Waals surface area (Å²) in [5, 5.41) is 4.76. The average molecular weight is 248 g/mol. The molecule has 3 aromatic rings. The number of ketones is 1. The van der Waals surface area contributed by atoms with Crippen molar-refractivity contribution in [1.29, 1.82) is 0 Å². The van der Waals surface area contributed by atoms with Gasteiger partial charge in [0.1, 0.15) is 6.61 Å². The van der Waals surface area contributed by atoms with E-state index in [9.17, 15) is 4.79 Å². The minimum absolute atomic E-state index is 0.0799. The monoisotopic (exact) mass is 248 g/mol. The Balaban J connectivity index is 2.16. The van der Waals surface area contributed by atoms with Crippen molar-refractivity contribution < 1.29 is 9.53 Å². The van der Waals surface area contributed by atoms with Gasteiger partial charge in [-0.1, -0.05) is 48.5 Å². The van der Waals surface area contributed by atoms with Gasteiger partial charge in [0.05, 0.1) is 6.61 Å². The molecule has 0 fully saturated rings. The molecule has 0 atom stereocenters. The number of fused-ring (bicyclic) bond motifs is 5. The van der Waals surface area contributed by atoms with Crippen molar-refractivity contribution in [3.63, 3.8) is 0 Å². The zero-order valence-corrected chi connectivity index (χ0v) is 10.3. The molecule has 4 rings (SSSR count). The van der Waals surface area contributed by atoms with Gasteiger partial charge in [0.15, 0.2) is 5.78 Å². The molecule has 0 amide bonds. The fraction of sp³-hybridized carbons (Fsp3) is 0.118. The third-order valence-corrected chi connectivity index (χ3v) is 3.82. The molecule has 1 aliphatic heterocycles. The summed E-state index contributed by atoms with van der Waals surface area (Å²) in [4.78, 5) is 11.9. The lowest BCUT2D eigenvalue weighted by Crippen LogP contribution is -2.18. The van der Waals surface area contributed by atoms with Crippen LogP contribution in [0.4, 0.5) is 0 Å². The molecule has 0 bridgehead atoms. The van der Waals surface area contributed by atoms with Crippen molar-refractivity contribution in [1.82, 2.24) is 0 Å². The van der Waals surface area contributed by atoms with Gasteiger partial charge < -0.3 is 4.74 Å². The molecule has 1 aliphatic rings. The van der Waals surface area contributed by atoms with Crippen molar-refractivity contribution >= 4 is 27.3 Å². The van der Waals surface area contributed by atoms with E-state index in [-0.39, 0.29) is 12.4 Å². The highest BCUT2D eigenvalue weighted by Gasteiger charge is 2.19. The van der Waals surface area contributed by atoms with E-state index in [1.807, 2.05) is 18.2 Å². The molecule has 1 heterocycles. The van der Waals surface area contributed by atoms with Gasteiger partial charge >= 0.3 is 0 Å². The molecule has 0 aliphatic carbocycles. The number of carbonyl (C=O) groups excluding carboxylic acids is 1. The van der Waals surface area contributed by atoms with Crippen LogP contribution in [0.1, 0.15) is 15.9 Å². The molecule has 92 valence electrons. The van der Waals surface area contributed by atoms with E-state index in [0.717, 1.165) is 16.5 Å². The van der Waals surface area contributed by atoms with Gasteiger partial charge in [-0.3, -0.25) is 4.79 Å². The Morgan fingerprint density at radius 3 is 2.58 bits per heavy atom. The molecular weight excluding hydrogens is 236 g/mol. The Bertz CT molecular complexity index is 818. The van der Waals surface area contributed by atoms with Gasteiger partial charge in [0, 0.05) is 5.56 Å². The van der Waals surface area contributed by atoms with Crippen LogP contribution in [0.25, 0.3) is 21.5 Å². The van der Waals surface area contributed by atoms with Crippen LogP contribution < -0.4 is 0 Å². The number of Topliss-reactive ketones (excluding diaryl/α,β-unsaturated/α-hetero) is 1. The lowest BCUT2D eigenvalue weighted by Gasteiger charge is -2.18. The SMILES string of the molecule is O=C1COCc2c1ccc1c2ccc2ccccc21. The van der Waals surface area contributed by atoms with Crippen LogP contribution in [0, 0.1) is 0 Å². The highest BCUT2D eigenvalue weighted by atomic mass is 16.5. The maximum absolute atomic E-state index is 11.9. The molecule has 0 saturated carbocycles. The first-order chi connectivity index (χ1) is 9.34. The van der Waals surface area contributed by atoms with E-state index in [1.165, 1.54) is 16.2 Å². The van der Waals surface area contributed by atoms with Crippen LogP contribution in [-0.4, -0.2) is 12.4 Å². The standard InChI is InChI=1S/C17H12O2/c18-17-10-19-9-16-14-6-5-11-3-1-2-4-12(11)13(14)7-8-15(16)17/h1-8H,9-10H2. The van der Waals surface area contributed by atoms with Crippen molar-refractivity contribution in [2.45, 2.75) is 6.61 Å². The summed E-state index contributed by atoms with van der Waals surface area (Å²) >= 11 is 0. The second-order valence-electron chi connectivity index (χ2n) is 4.89. The zero-order chi connectivity index (χ0) is 12.8. The molecule has 0 spiro atoms. The van der Waals surface area contributed by atoms with E-state index in [0.29, 0.717) is 6.61 Å². The predicted octanol–water partition coefficient (Wildman–Crippen LogP) is 3.71. The maximum atomic E-state index is 11.9. The van der Waals surface area contributed by atoms with Crippen LogP contribution in [0.2, 0.25) is 0 Å². The number of hydrogen-bond acceptors (Lipinski definition) is 2. The van der Waals surface area contributed by atoms with E-state index in [4.69, 9.17) is 4.74 Å². The summed E-state index contributed by atoms with van der Waals surface area (Å²) in [7, 11) is 0. The molecule has 0 unspecified atom stereocenters. The fourth-order valence-electron chi connectivity index (χ4n) is 2.89. The molecule has 3 aromatic carbocycles. The quantitative estimate of drug-likeness (QED) is 0.567. The van der Waals surface area contributed by atoms with E-state index >= 15 is 0 Å². The van der Waals surface area contributed by atoms with Crippen LogP contribution in [0.5, 0.6) is 0 Å². The number of carbonyl (C=O) groups is 1. The Morgan fingerprint density at radius 2 is 1.63 bits per heavy atom. The molecular formula is C17H12O2. The Kier molecular flexibility index (Phi) is 2.20. The van der Waals surface area contributed by atoms with E-state index in [2.05, 4.69) is 30.3 Å². The van der Waals surface area contributed by atoms with Crippen molar-refractivity contribution in [2.75, 3.05) is 6.61 Å². The van der Waals surface area contributed by atoms with Crippen LogP contribution in [0.15, 0.2) is 48.5 Å². The topological polar surface area (TPSA) is 26.3 Å². The van der Waals surface area contributed by atoms with Crippen molar-refractivity contribution in [2.24, 2.45) is 0 Å². The summed E-state index contributed by atoms with van der Waals surface area (Å²) in [5.41, 5.74) is 1.84. The minimum Gasteiger partial charge on any atom is -0.369 e. The Morgan fingerprint density at radius 1 is 0.789 bits per heavy atom. The first-order valence-corrected chi connectivity index (χ1v) is 6.39.